The number of carbonyl (C=O) groups excluding carboxylic acids is 1. The number of benzene rings is 1. The fourth-order valence-corrected chi connectivity index (χ4v) is 5.83. The van der Waals surface area contributed by atoms with Gasteiger partial charge in [0.05, 0.1) is 24.1 Å². The second kappa shape index (κ2) is 8.08. The first-order valence-corrected chi connectivity index (χ1v) is 10.9. The predicted octanol–water partition coefficient (Wildman–Crippen LogP) is 0.710. The minimum Gasteiger partial charge on any atom is -0.335 e. The van der Waals surface area contributed by atoms with Gasteiger partial charge in [-0.3, -0.25) is 9.69 Å². The normalized spacial score (nSPS) is 25.3. The largest absolute Gasteiger partial charge is 0.335 e. The van der Waals surface area contributed by atoms with Gasteiger partial charge in [0.2, 0.25) is 5.91 Å². The molecule has 8 heteroatoms. The van der Waals surface area contributed by atoms with Crippen LogP contribution in [-0.2, 0) is 14.6 Å². The summed E-state index contributed by atoms with van der Waals surface area (Å²) in [4.78, 5) is 18.2. The quantitative estimate of drug-likeness (QED) is 0.735. The van der Waals surface area contributed by atoms with E-state index in [4.69, 9.17) is 0 Å². The van der Waals surface area contributed by atoms with Gasteiger partial charge in [-0.25, -0.2) is 12.8 Å². The van der Waals surface area contributed by atoms with Crippen LogP contribution in [0.15, 0.2) is 30.3 Å². The second-order valence-corrected chi connectivity index (χ2v) is 9.64. The standard InChI is InChI=1S/C19H26FN3O3S/c1-21(2)12-19(24)23-11-10-22(17-13-27(25,26)14-18(17)23)9-3-4-15-5-7-16(20)8-6-15/h3-8,17-18H,9-14H2,1-2H3/b4-3+/t17-,18+/m1/s1. The average Bonchev–Trinajstić information content (AvgIpc) is 2.91. The Labute approximate surface area is 160 Å². The molecule has 3 rings (SSSR count). The first-order chi connectivity index (χ1) is 12.7. The lowest BCUT2D eigenvalue weighted by Gasteiger charge is -2.43. The van der Waals surface area contributed by atoms with Gasteiger partial charge in [-0.2, -0.15) is 0 Å². The summed E-state index contributed by atoms with van der Waals surface area (Å²) >= 11 is 0. The molecule has 1 aromatic carbocycles. The third-order valence-corrected chi connectivity index (χ3v) is 6.78. The molecular formula is C19H26FN3O3S. The zero-order valence-corrected chi connectivity index (χ0v) is 16.5. The predicted molar refractivity (Wildman–Crippen MR) is 104 cm³/mol. The van der Waals surface area contributed by atoms with Crippen molar-refractivity contribution >= 4 is 21.8 Å². The Hall–Kier alpha value is -1.77. The number of fused-ring (bicyclic) bond motifs is 1. The van der Waals surface area contributed by atoms with E-state index in [1.165, 1.54) is 12.1 Å². The molecule has 2 saturated heterocycles. The van der Waals surface area contributed by atoms with Crippen molar-refractivity contribution < 1.29 is 17.6 Å². The van der Waals surface area contributed by atoms with Gasteiger partial charge in [0, 0.05) is 25.7 Å². The third kappa shape index (κ3) is 4.94. The summed E-state index contributed by atoms with van der Waals surface area (Å²) in [5.41, 5.74) is 0.895. The molecule has 0 bridgehead atoms. The maximum Gasteiger partial charge on any atom is 0.237 e. The number of carbonyl (C=O) groups is 1. The van der Waals surface area contributed by atoms with Crippen molar-refractivity contribution in [2.75, 3.05) is 51.8 Å². The van der Waals surface area contributed by atoms with Crippen LogP contribution >= 0.6 is 0 Å². The Morgan fingerprint density at radius 1 is 1.19 bits per heavy atom. The Bertz CT molecular complexity index is 808. The van der Waals surface area contributed by atoms with E-state index >= 15 is 0 Å². The Morgan fingerprint density at radius 3 is 2.52 bits per heavy atom. The first kappa shape index (κ1) is 20.0. The van der Waals surface area contributed by atoms with E-state index < -0.39 is 9.84 Å². The second-order valence-electron chi connectivity index (χ2n) is 7.49. The molecule has 2 aliphatic rings. The van der Waals surface area contributed by atoms with Gasteiger partial charge in [0.1, 0.15) is 5.82 Å². The number of hydrogen-bond acceptors (Lipinski definition) is 5. The fourth-order valence-electron chi connectivity index (χ4n) is 3.82. The van der Waals surface area contributed by atoms with Crippen LogP contribution in [0.25, 0.3) is 6.08 Å². The minimum atomic E-state index is -3.15. The van der Waals surface area contributed by atoms with Gasteiger partial charge in [-0.15, -0.1) is 0 Å². The molecule has 0 N–H and O–H groups in total. The number of sulfone groups is 1. The zero-order valence-electron chi connectivity index (χ0n) is 15.7. The molecule has 1 aromatic rings. The molecule has 2 fully saturated rings. The van der Waals surface area contributed by atoms with Crippen molar-refractivity contribution in [2.24, 2.45) is 0 Å². The molecule has 27 heavy (non-hydrogen) atoms. The van der Waals surface area contributed by atoms with E-state index in [2.05, 4.69) is 4.90 Å². The van der Waals surface area contributed by atoms with Crippen LogP contribution in [0.5, 0.6) is 0 Å². The number of rotatable bonds is 5. The number of likely N-dealkylation sites (N-methyl/N-ethyl adjacent to an activating group) is 1. The van der Waals surface area contributed by atoms with E-state index in [1.54, 1.807) is 21.9 Å². The summed E-state index contributed by atoms with van der Waals surface area (Å²) in [6.45, 7) is 2.06. The highest BCUT2D eigenvalue weighted by Gasteiger charge is 2.47. The molecule has 0 aromatic heterocycles. The zero-order chi connectivity index (χ0) is 19.6. The molecule has 2 aliphatic heterocycles. The van der Waals surface area contributed by atoms with E-state index in [0.717, 1.165) is 5.56 Å². The number of piperazine rings is 1. The van der Waals surface area contributed by atoms with E-state index in [-0.39, 0.29) is 41.9 Å². The molecule has 0 spiro atoms. The Morgan fingerprint density at radius 2 is 1.85 bits per heavy atom. The van der Waals surface area contributed by atoms with Crippen molar-refractivity contribution in [2.45, 2.75) is 12.1 Å². The molecule has 6 nitrogen and oxygen atoms in total. The smallest absolute Gasteiger partial charge is 0.237 e. The van der Waals surface area contributed by atoms with Crippen LogP contribution in [0.3, 0.4) is 0 Å². The van der Waals surface area contributed by atoms with Gasteiger partial charge in [0.25, 0.3) is 0 Å². The van der Waals surface area contributed by atoms with Crippen LogP contribution in [0, 0.1) is 5.82 Å². The van der Waals surface area contributed by atoms with E-state index in [0.29, 0.717) is 19.6 Å². The van der Waals surface area contributed by atoms with Gasteiger partial charge in [0.15, 0.2) is 9.84 Å². The molecule has 0 radical (unpaired) electrons. The third-order valence-electron chi connectivity index (χ3n) is 5.08. The van der Waals surface area contributed by atoms with Crippen LogP contribution in [0.2, 0.25) is 0 Å². The van der Waals surface area contributed by atoms with Crippen LogP contribution < -0.4 is 0 Å². The molecule has 148 valence electrons. The van der Waals surface area contributed by atoms with Gasteiger partial charge in [-0.05, 0) is 31.8 Å². The maximum absolute atomic E-state index is 13.0. The van der Waals surface area contributed by atoms with E-state index in [9.17, 15) is 17.6 Å². The average molecular weight is 396 g/mol. The number of halogens is 1. The number of nitrogens with zero attached hydrogens (tertiary/aromatic N) is 3. The lowest BCUT2D eigenvalue weighted by molar-refractivity contribution is -0.137. The SMILES string of the molecule is CN(C)CC(=O)N1CCN(C/C=C/c2ccc(F)cc2)[C@@H]2CS(=O)(=O)C[C@@H]21. The topological polar surface area (TPSA) is 60.9 Å². The lowest BCUT2D eigenvalue weighted by Crippen LogP contribution is -2.61. The highest BCUT2D eigenvalue weighted by molar-refractivity contribution is 7.91. The summed E-state index contributed by atoms with van der Waals surface area (Å²) in [5.74, 6) is -0.165. The first-order valence-electron chi connectivity index (χ1n) is 9.06. The van der Waals surface area contributed by atoms with Gasteiger partial charge >= 0.3 is 0 Å². The molecule has 0 aliphatic carbocycles. The molecule has 2 atom stereocenters. The van der Waals surface area contributed by atoms with Crippen molar-refractivity contribution in [1.82, 2.24) is 14.7 Å². The van der Waals surface area contributed by atoms with Gasteiger partial charge < -0.3 is 9.80 Å². The van der Waals surface area contributed by atoms with Crippen LogP contribution in [0.4, 0.5) is 4.39 Å². The van der Waals surface area contributed by atoms with Crippen molar-refractivity contribution in [3.05, 3.63) is 41.7 Å². The summed E-state index contributed by atoms with van der Waals surface area (Å²) in [6.07, 6.45) is 3.87. The maximum atomic E-state index is 13.0. The molecule has 1 amide bonds. The summed E-state index contributed by atoms with van der Waals surface area (Å²) < 4.78 is 37.4. The molecule has 2 heterocycles. The fraction of sp³-hybridized carbons (Fsp3) is 0.526. The number of hydrogen-bond donors (Lipinski definition) is 0. The Kier molecular flexibility index (Phi) is 5.98. The number of amides is 1. The van der Waals surface area contributed by atoms with E-state index in [1.807, 2.05) is 26.2 Å². The van der Waals surface area contributed by atoms with Gasteiger partial charge in [-0.1, -0.05) is 24.3 Å². The highest BCUT2D eigenvalue weighted by atomic mass is 32.2. The highest BCUT2D eigenvalue weighted by Crippen LogP contribution is 2.27. The van der Waals surface area contributed by atoms with Crippen LogP contribution in [-0.4, -0.2) is 92.9 Å². The minimum absolute atomic E-state index is 0.0198. The summed E-state index contributed by atoms with van der Waals surface area (Å²) in [7, 11) is 0.508. The van der Waals surface area contributed by atoms with Crippen molar-refractivity contribution in [1.29, 1.82) is 0 Å². The summed E-state index contributed by atoms with van der Waals surface area (Å²) in [5, 5.41) is 0. The molecule has 0 saturated carbocycles. The van der Waals surface area contributed by atoms with Crippen LogP contribution in [0.1, 0.15) is 5.56 Å². The molecule has 0 unspecified atom stereocenters. The Balaban J connectivity index is 1.69. The van der Waals surface area contributed by atoms with Crippen molar-refractivity contribution in [3.8, 4) is 0 Å². The molecular weight excluding hydrogens is 369 g/mol. The van der Waals surface area contributed by atoms with Crippen molar-refractivity contribution in [3.63, 3.8) is 0 Å². The lowest BCUT2D eigenvalue weighted by atomic mass is 10.0. The monoisotopic (exact) mass is 395 g/mol. The summed E-state index contributed by atoms with van der Waals surface area (Å²) in [6, 6.07) is 5.77.